The summed E-state index contributed by atoms with van der Waals surface area (Å²) in [5.41, 5.74) is 7.01. The first-order chi connectivity index (χ1) is 16.0. The Labute approximate surface area is 195 Å². The molecule has 0 spiro atoms. The first-order valence-corrected chi connectivity index (χ1v) is 10.7. The molecule has 4 atom stereocenters. The van der Waals surface area contributed by atoms with E-state index in [0.29, 0.717) is 5.56 Å². The Morgan fingerprint density at radius 2 is 1.59 bits per heavy atom. The number of rotatable bonds is 12. The first kappa shape index (κ1) is 26.3. The molecule has 0 radical (unpaired) electrons. The number of fused-ring (bicyclic) bond motifs is 1. The highest BCUT2D eigenvalue weighted by Gasteiger charge is 2.28. The number of para-hydroxylation sites is 1. The minimum Gasteiger partial charge on any atom is -0.481 e. The molecule has 34 heavy (non-hydrogen) atoms. The fourth-order valence-corrected chi connectivity index (χ4v) is 3.24. The van der Waals surface area contributed by atoms with Gasteiger partial charge in [-0.15, -0.1) is 0 Å². The van der Waals surface area contributed by atoms with Gasteiger partial charge in [-0.2, -0.15) is 0 Å². The topological polar surface area (TPSA) is 204 Å². The highest BCUT2D eigenvalue weighted by Crippen LogP contribution is 2.19. The second-order valence-corrected chi connectivity index (χ2v) is 7.98. The summed E-state index contributed by atoms with van der Waals surface area (Å²) in [6.45, 7) is 2.75. The maximum Gasteiger partial charge on any atom is 0.326 e. The SMILES string of the molecule is CC(N)C(=O)NC(CCC(=O)O)C(=O)NC(C)C(=O)NC(Cc1c[nH]c2ccccc12)C(=O)O. The van der Waals surface area contributed by atoms with Gasteiger partial charge in [0.2, 0.25) is 17.7 Å². The zero-order valence-electron chi connectivity index (χ0n) is 18.8. The van der Waals surface area contributed by atoms with E-state index in [-0.39, 0.29) is 12.8 Å². The molecule has 2 aromatic rings. The van der Waals surface area contributed by atoms with Crippen LogP contribution in [0.1, 0.15) is 32.3 Å². The summed E-state index contributed by atoms with van der Waals surface area (Å²) in [5.74, 6) is -4.62. The van der Waals surface area contributed by atoms with Crippen molar-refractivity contribution in [1.29, 1.82) is 0 Å². The number of amides is 3. The van der Waals surface area contributed by atoms with Crippen LogP contribution in [-0.4, -0.2) is 69.0 Å². The monoisotopic (exact) mass is 475 g/mol. The average Bonchev–Trinajstić information content (AvgIpc) is 3.18. The third-order valence-electron chi connectivity index (χ3n) is 5.16. The lowest BCUT2D eigenvalue weighted by Gasteiger charge is -2.22. The van der Waals surface area contributed by atoms with E-state index >= 15 is 0 Å². The second-order valence-electron chi connectivity index (χ2n) is 7.98. The Bertz CT molecular complexity index is 1060. The molecule has 8 N–H and O–H groups in total. The molecule has 184 valence electrons. The van der Waals surface area contributed by atoms with Crippen LogP contribution in [0.3, 0.4) is 0 Å². The maximum absolute atomic E-state index is 12.6. The van der Waals surface area contributed by atoms with Crippen LogP contribution in [0.15, 0.2) is 30.5 Å². The van der Waals surface area contributed by atoms with Crippen molar-refractivity contribution in [2.24, 2.45) is 5.73 Å². The molecule has 0 aliphatic heterocycles. The van der Waals surface area contributed by atoms with Gasteiger partial charge in [0.05, 0.1) is 6.04 Å². The number of nitrogens with one attached hydrogen (secondary N) is 4. The van der Waals surface area contributed by atoms with Crippen molar-refractivity contribution in [1.82, 2.24) is 20.9 Å². The van der Waals surface area contributed by atoms with E-state index in [0.717, 1.165) is 10.9 Å². The van der Waals surface area contributed by atoms with E-state index in [9.17, 15) is 29.1 Å². The van der Waals surface area contributed by atoms with E-state index in [1.165, 1.54) is 13.8 Å². The van der Waals surface area contributed by atoms with Gasteiger partial charge in [-0.25, -0.2) is 4.79 Å². The third-order valence-corrected chi connectivity index (χ3v) is 5.16. The molecule has 2 rings (SSSR count). The van der Waals surface area contributed by atoms with Gasteiger partial charge in [0.25, 0.3) is 0 Å². The number of benzene rings is 1. The summed E-state index contributed by atoms with van der Waals surface area (Å²) in [7, 11) is 0. The van der Waals surface area contributed by atoms with Crippen molar-refractivity contribution >= 4 is 40.6 Å². The van der Waals surface area contributed by atoms with E-state index in [2.05, 4.69) is 20.9 Å². The molecule has 1 aromatic carbocycles. The smallest absolute Gasteiger partial charge is 0.326 e. The van der Waals surface area contributed by atoms with Crippen LogP contribution in [0.25, 0.3) is 10.9 Å². The standard InChI is InChI=1S/C22H29N5O7/c1-11(23)19(30)26-16(7-8-18(28)29)21(32)25-12(2)20(31)27-17(22(33)34)9-13-10-24-15-6-4-3-5-14(13)15/h3-6,10-12,16-17,24H,7-9,23H2,1-2H3,(H,25,32)(H,26,30)(H,27,31)(H,28,29)(H,33,34). The average molecular weight is 476 g/mol. The molecule has 0 bridgehead atoms. The molecule has 1 heterocycles. The van der Waals surface area contributed by atoms with Gasteiger partial charge in [0, 0.05) is 29.9 Å². The van der Waals surface area contributed by atoms with Crippen molar-refractivity contribution in [3.8, 4) is 0 Å². The van der Waals surface area contributed by atoms with Crippen LogP contribution in [0.2, 0.25) is 0 Å². The number of aliphatic carboxylic acids is 2. The van der Waals surface area contributed by atoms with E-state index in [4.69, 9.17) is 10.8 Å². The quantitative estimate of drug-likeness (QED) is 0.212. The van der Waals surface area contributed by atoms with Gasteiger partial charge in [-0.05, 0) is 31.9 Å². The zero-order chi connectivity index (χ0) is 25.4. The van der Waals surface area contributed by atoms with E-state index < -0.39 is 60.2 Å². The summed E-state index contributed by atoms with van der Waals surface area (Å²) in [5, 5.41) is 26.4. The fraction of sp³-hybridized carbons (Fsp3) is 0.409. The van der Waals surface area contributed by atoms with Crippen molar-refractivity contribution in [2.75, 3.05) is 0 Å². The molecule has 0 saturated carbocycles. The number of H-pyrrole nitrogens is 1. The fourth-order valence-electron chi connectivity index (χ4n) is 3.24. The Kier molecular flexibility index (Phi) is 9.13. The number of carbonyl (C=O) groups is 5. The van der Waals surface area contributed by atoms with Crippen LogP contribution in [-0.2, 0) is 30.4 Å². The number of carboxylic acid groups (broad SMARTS) is 2. The Balaban J connectivity index is 2.04. The van der Waals surface area contributed by atoms with E-state index in [1.54, 1.807) is 6.20 Å². The summed E-state index contributed by atoms with van der Waals surface area (Å²) < 4.78 is 0. The van der Waals surface area contributed by atoms with Crippen LogP contribution in [0.4, 0.5) is 0 Å². The number of carboxylic acids is 2. The van der Waals surface area contributed by atoms with Gasteiger partial charge in [-0.3, -0.25) is 19.2 Å². The summed E-state index contributed by atoms with van der Waals surface area (Å²) >= 11 is 0. The number of nitrogens with two attached hydrogens (primary N) is 1. The number of hydrogen-bond donors (Lipinski definition) is 7. The van der Waals surface area contributed by atoms with Crippen molar-refractivity contribution in [2.45, 2.75) is 57.3 Å². The van der Waals surface area contributed by atoms with E-state index in [1.807, 2.05) is 24.3 Å². The predicted molar refractivity (Wildman–Crippen MR) is 122 cm³/mol. The van der Waals surface area contributed by atoms with Crippen molar-refractivity contribution in [3.05, 3.63) is 36.0 Å². The zero-order valence-corrected chi connectivity index (χ0v) is 18.8. The van der Waals surface area contributed by atoms with Gasteiger partial charge in [0.1, 0.15) is 18.1 Å². The van der Waals surface area contributed by atoms with Gasteiger partial charge in [0.15, 0.2) is 0 Å². The number of carbonyl (C=O) groups excluding carboxylic acids is 3. The normalized spacial score (nSPS) is 14.4. The maximum atomic E-state index is 12.6. The number of aromatic amines is 1. The lowest BCUT2D eigenvalue weighted by Crippen LogP contribution is -2.56. The molecule has 12 nitrogen and oxygen atoms in total. The lowest BCUT2D eigenvalue weighted by atomic mass is 10.0. The van der Waals surface area contributed by atoms with Crippen LogP contribution < -0.4 is 21.7 Å². The molecule has 3 amide bonds. The number of aromatic nitrogens is 1. The predicted octanol–water partition coefficient (Wildman–Crippen LogP) is -0.519. The summed E-state index contributed by atoms with van der Waals surface area (Å²) in [6.07, 6.45) is 1.07. The third kappa shape index (κ3) is 7.30. The second kappa shape index (κ2) is 11.8. The Hall–Kier alpha value is -3.93. The van der Waals surface area contributed by atoms with Gasteiger partial charge < -0.3 is 36.9 Å². The minimum atomic E-state index is -1.26. The molecule has 0 aliphatic rings. The largest absolute Gasteiger partial charge is 0.481 e. The van der Waals surface area contributed by atoms with Gasteiger partial charge in [-0.1, -0.05) is 18.2 Å². The molecule has 12 heteroatoms. The highest BCUT2D eigenvalue weighted by molar-refractivity contribution is 5.94. The van der Waals surface area contributed by atoms with Crippen molar-refractivity contribution < 1.29 is 34.2 Å². The number of hydrogen-bond acceptors (Lipinski definition) is 6. The minimum absolute atomic E-state index is 0.0113. The molecule has 0 aliphatic carbocycles. The molecular formula is C22H29N5O7. The molecule has 1 aromatic heterocycles. The molecule has 0 fully saturated rings. The van der Waals surface area contributed by atoms with Crippen molar-refractivity contribution in [3.63, 3.8) is 0 Å². The van der Waals surface area contributed by atoms with Crippen LogP contribution in [0, 0.1) is 0 Å². The van der Waals surface area contributed by atoms with Gasteiger partial charge >= 0.3 is 11.9 Å². The molecule has 0 saturated heterocycles. The lowest BCUT2D eigenvalue weighted by molar-refractivity contribution is -0.142. The summed E-state index contributed by atoms with van der Waals surface area (Å²) in [6, 6.07) is 2.76. The Morgan fingerprint density at radius 1 is 0.941 bits per heavy atom. The van der Waals surface area contributed by atoms with Crippen LogP contribution >= 0.6 is 0 Å². The highest BCUT2D eigenvalue weighted by atomic mass is 16.4. The first-order valence-electron chi connectivity index (χ1n) is 10.7. The molecular weight excluding hydrogens is 446 g/mol. The Morgan fingerprint density at radius 3 is 2.21 bits per heavy atom. The summed E-state index contributed by atoms with van der Waals surface area (Å²) in [4.78, 5) is 62.8. The van der Waals surface area contributed by atoms with Crippen LogP contribution in [0.5, 0.6) is 0 Å². The molecule has 4 unspecified atom stereocenters.